The molecule has 13 unspecified atom stereocenters. The average molecular weight is 469 g/mol. The summed E-state index contributed by atoms with van der Waals surface area (Å²) in [6, 6.07) is 0. The van der Waals surface area contributed by atoms with Gasteiger partial charge in [-0.05, 0) is 55.3 Å². The summed E-state index contributed by atoms with van der Waals surface area (Å²) < 4.78 is 31.8. The first-order valence-corrected chi connectivity index (χ1v) is 13.5. The van der Waals surface area contributed by atoms with E-state index >= 15 is 0 Å². The SMILES string of the molecule is CC1COC(COC2OC(COC3OC(C)(C)C(C)C(C)C3C)C(C)C(C)C2C)C(C)C1C. The van der Waals surface area contributed by atoms with Crippen molar-refractivity contribution in [3.05, 3.63) is 0 Å². The van der Waals surface area contributed by atoms with Crippen LogP contribution in [-0.4, -0.2) is 50.2 Å². The van der Waals surface area contributed by atoms with Crippen LogP contribution in [0.25, 0.3) is 0 Å². The van der Waals surface area contributed by atoms with Gasteiger partial charge in [0.1, 0.15) is 0 Å². The minimum absolute atomic E-state index is 0.00147. The maximum absolute atomic E-state index is 6.52. The van der Waals surface area contributed by atoms with Crippen LogP contribution in [0.1, 0.15) is 76.2 Å². The number of hydrogen-bond donors (Lipinski definition) is 0. The van der Waals surface area contributed by atoms with E-state index < -0.39 is 0 Å². The summed E-state index contributed by atoms with van der Waals surface area (Å²) in [5, 5.41) is 0. The summed E-state index contributed by atoms with van der Waals surface area (Å²) in [5.74, 6) is 4.33. The largest absolute Gasteiger partial charge is 0.375 e. The van der Waals surface area contributed by atoms with Crippen LogP contribution >= 0.6 is 0 Å². The molecule has 0 aliphatic carbocycles. The van der Waals surface area contributed by atoms with E-state index in [1.807, 2.05) is 0 Å². The van der Waals surface area contributed by atoms with Crippen LogP contribution in [0, 0.1) is 53.3 Å². The van der Waals surface area contributed by atoms with Crippen molar-refractivity contribution in [3.63, 3.8) is 0 Å². The van der Waals surface area contributed by atoms with Crippen LogP contribution in [0.2, 0.25) is 0 Å². The third-order valence-corrected chi connectivity index (χ3v) is 10.3. The fourth-order valence-electron chi connectivity index (χ4n) is 5.92. The third-order valence-electron chi connectivity index (χ3n) is 10.3. The molecule has 0 aromatic heterocycles. The topological polar surface area (TPSA) is 46.2 Å². The van der Waals surface area contributed by atoms with Gasteiger partial charge in [-0.15, -0.1) is 0 Å². The summed E-state index contributed by atoms with van der Waals surface area (Å²) >= 11 is 0. The monoisotopic (exact) mass is 468 g/mol. The maximum atomic E-state index is 6.52. The lowest BCUT2D eigenvalue weighted by molar-refractivity contribution is -0.307. The molecule has 5 heteroatoms. The number of rotatable bonds is 6. The van der Waals surface area contributed by atoms with E-state index in [-0.39, 0.29) is 30.4 Å². The Labute approximate surface area is 203 Å². The molecule has 33 heavy (non-hydrogen) atoms. The minimum atomic E-state index is -0.227. The van der Waals surface area contributed by atoms with Crippen LogP contribution in [-0.2, 0) is 23.7 Å². The predicted molar refractivity (Wildman–Crippen MR) is 132 cm³/mol. The fraction of sp³-hybridized carbons (Fsp3) is 1.00. The molecule has 0 radical (unpaired) electrons. The van der Waals surface area contributed by atoms with Gasteiger partial charge in [0.15, 0.2) is 12.6 Å². The van der Waals surface area contributed by atoms with Crippen molar-refractivity contribution >= 4 is 0 Å². The normalized spacial score (nSPS) is 50.8. The summed E-state index contributed by atoms with van der Waals surface area (Å²) in [6.07, 6.45) is -0.289. The molecule has 3 rings (SSSR count). The highest BCUT2D eigenvalue weighted by atomic mass is 16.7. The van der Waals surface area contributed by atoms with Crippen molar-refractivity contribution in [2.24, 2.45) is 53.3 Å². The van der Waals surface area contributed by atoms with Crippen molar-refractivity contribution in [2.45, 2.75) is 107 Å². The highest BCUT2D eigenvalue weighted by Gasteiger charge is 2.46. The Balaban J connectivity index is 1.58. The van der Waals surface area contributed by atoms with Gasteiger partial charge in [0.05, 0.1) is 31.0 Å². The van der Waals surface area contributed by atoms with E-state index in [0.29, 0.717) is 66.5 Å². The van der Waals surface area contributed by atoms with Crippen molar-refractivity contribution in [2.75, 3.05) is 19.8 Å². The molecule has 3 fully saturated rings. The standard InChI is InChI=1S/C28H52O5/c1-15-12-29-24(19(5)16(15)2)13-30-26-21(7)17(3)20(6)25(32-26)14-31-27-22(8)18(4)23(9)28(10,11)33-27/h15-27H,12-14H2,1-11H3. The fourth-order valence-corrected chi connectivity index (χ4v) is 5.92. The summed E-state index contributed by atoms with van der Waals surface area (Å²) in [5.41, 5.74) is -0.186. The molecule has 0 spiro atoms. The van der Waals surface area contributed by atoms with Crippen LogP contribution < -0.4 is 0 Å². The Hall–Kier alpha value is -0.200. The van der Waals surface area contributed by atoms with Gasteiger partial charge in [-0.2, -0.15) is 0 Å². The van der Waals surface area contributed by atoms with Gasteiger partial charge in [0.2, 0.25) is 0 Å². The lowest BCUT2D eigenvalue weighted by Crippen LogP contribution is -2.53. The minimum Gasteiger partial charge on any atom is -0.375 e. The Morgan fingerprint density at radius 2 is 1.18 bits per heavy atom. The molecule has 194 valence electrons. The second-order valence-corrected chi connectivity index (χ2v) is 12.5. The molecule has 0 saturated carbocycles. The van der Waals surface area contributed by atoms with Crippen LogP contribution in [0.5, 0.6) is 0 Å². The van der Waals surface area contributed by atoms with Crippen LogP contribution in [0.4, 0.5) is 0 Å². The third kappa shape index (κ3) is 5.80. The van der Waals surface area contributed by atoms with E-state index in [2.05, 4.69) is 76.2 Å². The molecule has 3 aliphatic heterocycles. The lowest BCUT2D eigenvalue weighted by Gasteiger charge is -2.49. The maximum Gasteiger partial charge on any atom is 0.161 e. The summed E-state index contributed by atoms with van der Waals surface area (Å²) in [6.45, 7) is 26.9. The molecular weight excluding hydrogens is 416 g/mol. The number of ether oxygens (including phenoxy) is 5. The zero-order valence-corrected chi connectivity index (χ0v) is 23.2. The van der Waals surface area contributed by atoms with Crippen molar-refractivity contribution in [1.82, 2.24) is 0 Å². The Bertz CT molecular complexity index is 623. The molecule has 0 N–H and O–H groups in total. The molecule has 0 amide bonds. The van der Waals surface area contributed by atoms with Gasteiger partial charge >= 0.3 is 0 Å². The van der Waals surface area contributed by atoms with Crippen LogP contribution in [0.15, 0.2) is 0 Å². The number of hydrogen-bond acceptors (Lipinski definition) is 5. The molecule has 5 nitrogen and oxygen atoms in total. The molecule has 3 heterocycles. The lowest BCUT2D eigenvalue weighted by atomic mass is 9.73. The Kier molecular flexibility index (Phi) is 8.98. The summed E-state index contributed by atoms with van der Waals surface area (Å²) in [4.78, 5) is 0. The Morgan fingerprint density at radius 1 is 0.636 bits per heavy atom. The predicted octanol–water partition coefficient (Wildman–Crippen LogP) is 6.00. The van der Waals surface area contributed by atoms with E-state index in [0.717, 1.165) is 6.61 Å². The Morgan fingerprint density at radius 3 is 1.85 bits per heavy atom. The van der Waals surface area contributed by atoms with E-state index in [1.54, 1.807) is 0 Å². The van der Waals surface area contributed by atoms with E-state index in [9.17, 15) is 0 Å². The second-order valence-electron chi connectivity index (χ2n) is 12.5. The first-order valence-electron chi connectivity index (χ1n) is 13.5. The van der Waals surface area contributed by atoms with Crippen molar-refractivity contribution in [1.29, 1.82) is 0 Å². The first kappa shape index (κ1) is 27.4. The molecule has 0 bridgehead atoms. The molecule has 3 aliphatic rings. The first-order chi connectivity index (χ1) is 15.3. The quantitative estimate of drug-likeness (QED) is 0.478. The van der Waals surface area contributed by atoms with E-state index in [1.165, 1.54) is 0 Å². The summed E-state index contributed by atoms with van der Waals surface area (Å²) in [7, 11) is 0. The van der Waals surface area contributed by atoms with Gasteiger partial charge in [0.25, 0.3) is 0 Å². The zero-order chi connectivity index (χ0) is 24.7. The van der Waals surface area contributed by atoms with Crippen molar-refractivity contribution < 1.29 is 23.7 Å². The highest BCUT2D eigenvalue weighted by Crippen LogP contribution is 2.42. The molecule has 0 aromatic rings. The van der Waals surface area contributed by atoms with E-state index in [4.69, 9.17) is 23.7 Å². The molecule has 3 saturated heterocycles. The second kappa shape index (κ2) is 10.8. The smallest absolute Gasteiger partial charge is 0.161 e. The molecule has 0 aromatic carbocycles. The molecule has 13 atom stereocenters. The molecular formula is C28H52O5. The van der Waals surface area contributed by atoms with Crippen molar-refractivity contribution in [3.8, 4) is 0 Å². The average Bonchev–Trinajstić information content (AvgIpc) is 2.77. The van der Waals surface area contributed by atoms with Crippen LogP contribution in [0.3, 0.4) is 0 Å². The zero-order valence-electron chi connectivity index (χ0n) is 23.2. The van der Waals surface area contributed by atoms with Gasteiger partial charge < -0.3 is 23.7 Å². The highest BCUT2D eigenvalue weighted by molar-refractivity contribution is 4.90. The van der Waals surface area contributed by atoms with Gasteiger partial charge in [0, 0.05) is 18.4 Å². The van der Waals surface area contributed by atoms with Gasteiger partial charge in [-0.25, -0.2) is 0 Å². The van der Waals surface area contributed by atoms with Gasteiger partial charge in [-0.1, -0.05) is 62.3 Å². The van der Waals surface area contributed by atoms with Gasteiger partial charge in [-0.3, -0.25) is 0 Å².